The molecule has 0 fully saturated rings. The molecule has 0 radical (unpaired) electrons. The summed E-state index contributed by atoms with van der Waals surface area (Å²) in [6, 6.07) is 9.21. The number of aromatic nitrogens is 6. The lowest BCUT2D eigenvalue weighted by Crippen LogP contribution is -2.26. The Morgan fingerprint density at radius 1 is 1.07 bits per heavy atom. The van der Waals surface area contributed by atoms with Crippen molar-refractivity contribution in [2.24, 2.45) is 0 Å². The molecule has 0 bridgehead atoms. The van der Waals surface area contributed by atoms with Crippen LogP contribution in [0.4, 0.5) is 0 Å². The van der Waals surface area contributed by atoms with Crippen molar-refractivity contribution in [3.8, 4) is 17.1 Å². The second-order valence-electron chi connectivity index (χ2n) is 6.91. The summed E-state index contributed by atoms with van der Waals surface area (Å²) in [6.45, 7) is 1.44. The standard InChI is InChI=1S/C21H16N6O3/c1-13-4-2-6-16-20(13)27(21(30)26(16)11-19(28)29)18-10-23-15(8-24-18)14-5-3-7-25-12-22-9-17(14)25/h2-10,12H,11H2,1H3,(H,28,29). The van der Waals surface area contributed by atoms with Crippen molar-refractivity contribution in [3.63, 3.8) is 0 Å². The van der Waals surface area contributed by atoms with Gasteiger partial charge in [-0.25, -0.2) is 19.3 Å². The molecule has 0 atom stereocenters. The highest BCUT2D eigenvalue weighted by molar-refractivity contribution is 5.83. The Morgan fingerprint density at radius 3 is 2.70 bits per heavy atom. The number of carboxylic acid groups (broad SMARTS) is 1. The fourth-order valence-electron chi connectivity index (χ4n) is 3.71. The van der Waals surface area contributed by atoms with E-state index in [1.807, 2.05) is 35.7 Å². The molecule has 4 aromatic heterocycles. The average molecular weight is 400 g/mol. The van der Waals surface area contributed by atoms with Gasteiger partial charge in [-0.15, -0.1) is 0 Å². The Bertz CT molecular complexity index is 1480. The average Bonchev–Trinajstić information content (AvgIpc) is 3.32. The number of hydrogen-bond donors (Lipinski definition) is 1. The molecule has 0 saturated carbocycles. The van der Waals surface area contributed by atoms with Crippen LogP contribution in [-0.4, -0.2) is 39.6 Å². The zero-order valence-corrected chi connectivity index (χ0v) is 15.9. The van der Waals surface area contributed by atoms with Gasteiger partial charge in [0.25, 0.3) is 0 Å². The van der Waals surface area contributed by atoms with Gasteiger partial charge in [0, 0.05) is 11.8 Å². The number of para-hydroxylation sites is 1. The first-order chi connectivity index (χ1) is 14.5. The number of aryl methyl sites for hydroxylation is 1. The third-order valence-electron chi connectivity index (χ3n) is 5.04. The number of aliphatic carboxylic acids is 1. The lowest BCUT2D eigenvalue weighted by Gasteiger charge is -2.06. The summed E-state index contributed by atoms with van der Waals surface area (Å²) in [5, 5.41) is 9.23. The highest BCUT2D eigenvalue weighted by atomic mass is 16.4. The van der Waals surface area contributed by atoms with E-state index in [9.17, 15) is 14.7 Å². The van der Waals surface area contributed by atoms with Crippen LogP contribution in [0, 0.1) is 6.92 Å². The first kappa shape index (κ1) is 17.8. The van der Waals surface area contributed by atoms with Gasteiger partial charge in [-0.2, -0.15) is 0 Å². The van der Waals surface area contributed by atoms with Crippen molar-refractivity contribution in [2.75, 3.05) is 0 Å². The van der Waals surface area contributed by atoms with Gasteiger partial charge in [0.2, 0.25) is 0 Å². The number of imidazole rings is 2. The van der Waals surface area contributed by atoms with Gasteiger partial charge >= 0.3 is 11.7 Å². The number of carboxylic acids is 1. The van der Waals surface area contributed by atoms with Gasteiger partial charge in [-0.05, 0) is 30.7 Å². The van der Waals surface area contributed by atoms with E-state index in [0.29, 0.717) is 22.5 Å². The molecular formula is C21H16N6O3. The van der Waals surface area contributed by atoms with Gasteiger partial charge in [-0.1, -0.05) is 12.1 Å². The van der Waals surface area contributed by atoms with Crippen LogP contribution in [0.5, 0.6) is 0 Å². The van der Waals surface area contributed by atoms with E-state index < -0.39 is 18.2 Å². The summed E-state index contributed by atoms with van der Waals surface area (Å²) in [5.74, 6) is -0.763. The first-order valence-electron chi connectivity index (χ1n) is 9.21. The SMILES string of the molecule is Cc1cccc2c1n(-c1cnc(-c3cccn4cncc34)cn1)c(=O)n2CC(=O)O. The Balaban J connectivity index is 1.68. The molecule has 5 aromatic rings. The fourth-order valence-corrected chi connectivity index (χ4v) is 3.71. The number of rotatable bonds is 4. The molecule has 0 spiro atoms. The van der Waals surface area contributed by atoms with Crippen molar-refractivity contribution in [1.29, 1.82) is 0 Å². The first-order valence-corrected chi connectivity index (χ1v) is 9.21. The van der Waals surface area contributed by atoms with Crippen LogP contribution >= 0.6 is 0 Å². The number of hydrogen-bond acceptors (Lipinski definition) is 5. The van der Waals surface area contributed by atoms with Crippen molar-refractivity contribution >= 4 is 22.5 Å². The van der Waals surface area contributed by atoms with Crippen LogP contribution in [0.15, 0.2) is 66.2 Å². The van der Waals surface area contributed by atoms with Crippen LogP contribution in [0.2, 0.25) is 0 Å². The Hall–Kier alpha value is -4.27. The van der Waals surface area contributed by atoms with Crippen LogP contribution in [0.25, 0.3) is 33.6 Å². The number of fused-ring (bicyclic) bond motifs is 2. The van der Waals surface area contributed by atoms with Crippen LogP contribution in [0.1, 0.15) is 5.56 Å². The number of nitrogens with zero attached hydrogens (tertiary/aromatic N) is 6. The molecule has 30 heavy (non-hydrogen) atoms. The maximum atomic E-state index is 13.1. The van der Waals surface area contributed by atoms with Crippen molar-refractivity contribution in [1.82, 2.24) is 28.5 Å². The van der Waals surface area contributed by atoms with E-state index in [1.165, 1.54) is 15.3 Å². The lowest BCUT2D eigenvalue weighted by atomic mass is 10.2. The van der Waals surface area contributed by atoms with Crippen molar-refractivity contribution in [3.05, 3.63) is 77.5 Å². The summed E-state index contributed by atoms with van der Waals surface area (Å²) < 4.78 is 4.52. The van der Waals surface area contributed by atoms with Gasteiger partial charge < -0.3 is 9.51 Å². The number of benzene rings is 1. The summed E-state index contributed by atoms with van der Waals surface area (Å²) in [5.41, 5.74) is 3.92. The highest BCUT2D eigenvalue weighted by Crippen LogP contribution is 2.24. The van der Waals surface area contributed by atoms with Crippen molar-refractivity contribution in [2.45, 2.75) is 13.5 Å². The smallest absolute Gasteiger partial charge is 0.335 e. The molecule has 0 aliphatic carbocycles. The Morgan fingerprint density at radius 2 is 1.93 bits per heavy atom. The molecular weight excluding hydrogens is 384 g/mol. The molecule has 1 N–H and O–H groups in total. The van der Waals surface area contributed by atoms with E-state index >= 15 is 0 Å². The second-order valence-corrected chi connectivity index (χ2v) is 6.91. The minimum Gasteiger partial charge on any atom is -0.480 e. The van der Waals surface area contributed by atoms with E-state index in [2.05, 4.69) is 15.0 Å². The summed E-state index contributed by atoms with van der Waals surface area (Å²) in [4.78, 5) is 37.5. The van der Waals surface area contributed by atoms with E-state index in [1.54, 1.807) is 30.9 Å². The molecule has 148 valence electrons. The largest absolute Gasteiger partial charge is 0.480 e. The molecule has 9 nitrogen and oxygen atoms in total. The van der Waals surface area contributed by atoms with Crippen molar-refractivity contribution < 1.29 is 9.90 Å². The topological polar surface area (TPSA) is 107 Å². The molecule has 5 rings (SSSR count). The van der Waals surface area contributed by atoms with Gasteiger partial charge in [0.15, 0.2) is 5.82 Å². The molecule has 9 heteroatoms. The molecule has 0 saturated heterocycles. The predicted molar refractivity (Wildman–Crippen MR) is 110 cm³/mol. The van der Waals surface area contributed by atoms with Gasteiger partial charge in [0.05, 0.1) is 47.2 Å². The Kier molecular flexibility index (Phi) is 3.95. The van der Waals surface area contributed by atoms with E-state index in [0.717, 1.165) is 16.6 Å². The maximum Gasteiger partial charge on any atom is 0.335 e. The zero-order valence-electron chi connectivity index (χ0n) is 15.9. The molecule has 0 aliphatic heterocycles. The quantitative estimate of drug-likeness (QED) is 0.496. The zero-order chi connectivity index (χ0) is 20.8. The van der Waals surface area contributed by atoms with Gasteiger partial charge in [0.1, 0.15) is 6.54 Å². The molecule has 1 aromatic carbocycles. The van der Waals surface area contributed by atoms with E-state index in [4.69, 9.17) is 0 Å². The third kappa shape index (κ3) is 2.67. The molecule has 0 aliphatic rings. The maximum absolute atomic E-state index is 13.1. The minimum atomic E-state index is -1.09. The minimum absolute atomic E-state index is 0.327. The molecule has 0 unspecified atom stereocenters. The predicted octanol–water partition coefficient (Wildman–Crippen LogP) is 2.29. The second kappa shape index (κ2) is 6.66. The molecule has 4 heterocycles. The normalized spacial score (nSPS) is 11.4. The fraction of sp³-hybridized carbons (Fsp3) is 0.0952. The van der Waals surface area contributed by atoms with Crippen LogP contribution in [0.3, 0.4) is 0 Å². The lowest BCUT2D eigenvalue weighted by molar-refractivity contribution is -0.137. The van der Waals surface area contributed by atoms with Crippen LogP contribution < -0.4 is 5.69 Å². The monoisotopic (exact) mass is 400 g/mol. The van der Waals surface area contributed by atoms with E-state index in [-0.39, 0.29) is 0 Å². The number of pyridine rings is 1. The summed E-state index contributed by atoms with van der Waals surface area (Å²) >= 11 is 0. The number of carbonyl (C=O) groups is 1. The van der Waals surface area contributed by atoms with Crippen LogP contribution in [-0.2, 0) is 11.3 Å². The molecule has 0 amide bonds. The van der Waals surface area contributed by atoms with Gasteiger partial charge in [-0.3, -0.25) is 14.3 Å². The summed E-state index contributed by atoms with van der Waals surface area (Å²) in [6.07, 6.45) is 8.47. The Labute approximate surface area is 169 Å². The third-order valence-corrected chi connectivity index (χ3v) is 5.04. The highest BCUT2D eigenvalue weighted by Gasteiger charge is 2.19. The summed E-state index contributed by atoms with van der Waals surface area (Å²) in [7, 11) is 0.